The first-order chi connectivity index (χ1) is 23.9. The van der Waals surface area contributed by atoms with Gasteiger partial charge in [0.1, 0.15) is 0 Å². The van der Waals surface area contributed by atoms with Crippen molar-refractivity contribution in [3.63, 3.8) is 0 Å². The quantitative estimate of drug-likeness (QED) is 0.143. The maximum Gasteiger partial charge on any atom is 0.340 e. The van der Waals surface area contributed by atoms with E-state index in [1.165, 1.54) is 21.3 Å². The summed E-state index contributed by atoms with van der Waals surface area (Å²) in [5.74, 6) is -1.43. The van der Waals surface area contributed by atoms with Crippen LogP contribution in [0.3, 0.4) is 0 Å². The second kappa shape index (κ2) is 13.2. The average molecular weight is 677 g/mol. The molecule has 0 spiro atoms. The highest BCUT2D eigenvalue weighted by Gasteiger charge is 2.36. The van der Waals surface area contributed by atoms with Crippen LogP contribution in [0.4, 0.5) is 0 Å². The second-order valence-electron chi connectivity index (χ2n) is 13.2. The highest BCUT2D eigenvalue weighted by atomic mass is 16.5. The fourth-order valence-electron chi connectivity index (χ4n) is 7.51. The Morgan fingerprint density at radius 3 is 2.20 bits per heavy atom. The molecule has 0 saturated carbocycles. The molecule has 1 unspecified atom stereocenters. The van der Waals surface area contributed by atoms with Crippen LogP contribution >= 0.6 is 0 Å². The standard InChI is InChI=1S/C40H44N4O6/c1-10-23-20(3)29-19-31-40(6,11-2)27-14-12-13-25(37(27)43-31)35-21(4)24(15-16-32(45)48-7)36(44-35)26(17-33(46)49-8)38-34(39(47)50-9)22(5)28(42-38)18-30(23)41-29/h12-14,18-19,41-42H,10-11,15-17H2,1-9H3. The number of esters is 3. The van der Waals surface area contributed by atoms with E-state index in [9.17, 15) is 14.4 Å². The molecule has 10 nitrogen and oxygen atoms in total. The van der Waals surface area contributed by atoms with Crippen molar-refractivity contribution in [3.05, 3.63) is 80.8 Å². The minimum Gasteiger partial charge on any atom is -0.469 e. The Balaban J connectivity index is 1.91. The molecule has 0 fully saturated rings. The zero-order valence-corrected chi connectivity index (χ0v) is 30.3. The fraction of sp³-hybridized carbons (Fsp3) is 0.375. The lowest BCUT2D eigenvalue weighted by Crippen LogP contribution is -2.19. The molecule has 0 aliphatic carbocycles. The number of ether oxygens (including phenoxy) is 3. The monoisotopic (exact) mass is 676 g/mol. The van der Waals surface area contributed by atoms with Gasteiger partial charge in [-0.05, 0) is 92.5 Å². The highest BCUT2D eigenvalue weighted by molar-refractivity contribution is 6.07. The third-order valence-corrected chi connectivity index (χ3v) is 10.7. The summed E-state index contributed by atoms with van der Waals surface area (Å²) in [6.07, 6.45) is 1.82. The first-order valence-corrected chi connectivity index (χ1v) is 17.0. The van der Waals surface area contributed by atoms with Gasteiger partial charge >= 0.3 is 17.9 Å². The number of hydrogen-bond acceptors (Lipinski definition) is 8. The zero-order valence-electron chi connectivity index (χ0n) is 30.3. The summed E-state index contributed by atoms with van der Waals surface area (Å²) in [5.41, 5.74) is 12.0. The normalized spacial score (nSPS) is 15.5. The number of aryl methyl sites for hydroxylation is 3. The molecule has 2 N–H and O–H groups in total. The van der Waals surface area contributed by atoms with Gasteiger partial charge in [0.15, 0.2) is 0 Å². The molecule has 3 aromatic heterocycles. The summed E-state index contributed by atoms with van der Waals surface area (Å²) in [5, 5.41) is 0.848. The molecule has 1 atom stereocenters. The summed E-state index contributed by atoms with van der Waals surface area (Å²) in [4.78, 5) is 57.0. The van der Waals surface area contributed by atoms with E-state index in [2.05, 4.69) is 49.8 Å². The Bertz CT molecular complexity index is 2290. The Kier molecular flexibility index (Phi) is 9.15. The Hall–Kier alpha value is -5.25. The predicted molar refractivity (Wildman–Crippen MR) is 195 cm³/mol. The van der Waals surface area contributed by atoms with Gasteiger partial charge in [0.05, 0.1) is 61.4 Å². The minimum atomic E-state index is -0.554. The maximum absolute atomic E-state index is 13.6. The molecule has 4 aromatic rings. The molecular weight excluding hydrogens is 632 g/mol. The summed E-state index contributed by atoms with van der Waals surface area (Å²) >= 11 is 0. The Labute approximate surface area is 291 Å². The number of carbonyl (C=O) groups is 3. The molecule has 1 aromatic carbocycles. The lowest BCUT2D eigenvalue weighted by molar-refractivity contribution is -0.141. The number of fused-ring (bicyclic) bond motifs is 8. The Morgan fingerprint density at radius 1 is 0.820 bits per heavy atom. The Morgan fingerprint density at radius 2 is 1.54 bits per heavy atom. The van der Waals surface area contributed by atoms with Crippen molar-refractivity contribution in [2.24, 2.45) is 0 Å². The SMILES string of the molecule is CCc1c(C)c2cc3nc4c(cccc4c4nc(c(CC(=O)OC)c5[nH]c(cc1[nH]2)c(C)c5C(=O)OC)C(CCC(=O)OC)=C4C)C3(C)CC. The van der Waals surface area contributed by atoms with Crippen molar-refractivity contribution in [2.45, 2.75) is 79.1 Å². The lowest BCUT2D eigenvalue weighted by Gasteiger charge is -2.23. The van der Waals surface area contributed by atoms with Crippen molar-refractivity contribution in [1.29, 1.82) is 0 Å². The van der Waals surface area contributed by atoms with Crippen molar-refractivity contribution >= 4 is 62.0 Å². The number of rotatable bonds is 8. The predicted octanol–water partition coefficient (Wildman–Crippen LogP) is 7.75. The average Bonchev–Trinajstić information content (AvgIpc) is 3.80. The van der Waals surface area contributed by atoms with Crippen LogP contribution in [-0.4, -0.2) is 59.2 Å². The third kappa shape index (κ3) is 5.47. The summed E-state index contributed by atoms with van der Waals surface area (Å²) in [7, 11) is 4.02. The zero-order chi connectivity index (χ0) is 36.1. The van der Waals surface area contributed by atoms with Crippen LogP contribution in [0, 0.1) is 13.8 Å². The number of para-hydroxylation sites is 1. The number of H-pyrrole nitrogens is 2. The van der Waals surface area contributed by atoms with Gasteiger partial charge in [-0.3, -0.25) is 14.6 Å². The van der Waals surface area contributed by atoms with E-state index in [1.54, 1.807) is 0 Å². The molecule has 50 heavy (non-hydrogen) atoms. The van der Waals surface area contributed by atoms with Crippen LogP contribution < -0.4 is 0 Å². The maximum atomic E-state index is 13.6. The number of hydrogen-bond donors (Lipinski definition) is 2. The van der Waals surface area contributed by atoms with Crippen LogP contribution in [0.25, 0.3) is 44.1 Å². The third-order valence-electron chi connectivity index (χ3n) is 10.7. The summed E-state index contributed by atoms with van der Waals surface area (Å²) < 4.78 is 15.5. The minimum absolute atomic E-state index is 0.0970. The van der Waals surface area contributed by atoms with Crippen molar-refractivity contribution in [2.75, 3.05) is 21.3 Å². The van der Waals surface area contributed by atoms with Gasteiger partial charge in [-0.15, -0.1) is 0 Å². The van der Waals surface area contributed by atoms with Gasteiger partial charge in [0, 0.05) is 39.3 Å². The van der Waals surface area contributed by atoms with Crippen molar-refractivity contribution < 1.29 is 28.6 Å². The first kappa shape index (κ1) is 34.6. The smallest absolute Gasteiger partial charge is 0.340 e. The second-order valence-corrected chi connectivity index (χ2v) is 13.2. The van der Waals surface area contributed by atoms with Crippen LogP contribution in [-0.2, 0) is 42.1 Å². The van der Waals surface area contributed by atoms with E-state index in [0.717, 1.165) is 68.3 Å². The topological polar surface area (TPSA) is 136 Å². The number of aromatic nitrogens is 4. The molecular formula is C40H44N4O6. The number of methoxy groups -OCH3 is 3. The van der Waals surface area contributed by atoms with Crippen molar-refractivity contribution in [3.8, 4) is 0 Å². The number of nitrogens with one attached hydrogen (secondary N) is 2. The molecule has 5 heterocycles. The van der Waals surface area contributed by atoms with Crippen LogP contribution in [0.2, 0.25) is 0 Å². The fourth-order valence-corrected chi connectivity index (χ4v) is 7.51. The molecule has 10 heteroatoms. The van der Waals surface area contributed by atoms with E-state index >= 15 is 0 Å². The number of allylic oxidation sites excluding steroid dienone is 2. The lowest BCUT2D eigenvalue weighted by atomic mass is 9.78. The largest absolute Gasteiger partial charge is 0.469 e. The summed E-state index contributed by atoms with van der Waals surface area (Å²) in [6.45, 7) is 12.5. The van der Waals surface area contributed by atoms with E-state index < -0.39 is 11.9 Å². The van der Waals surface area contributed by atoms with Crippen LogP contribution in [0.15, 0.2) is 30.3 Å². The van der Waals surface area contributed by atoms with Crippen LogP contribution in [0.5, 0.6) is 0 Å². The van der Waals surface area contributed by atoms with Gasteiger partial charge in [-0.2, -0.15) is 0 Å². The number of aromatic amines is 2. The molecule has 0 radical (unpaired) electrons. The van der Waals surface area contributed by atoms with Gasteiger partial charge in [-0.25, -0.2) is 9.78 Å². The van der Waals surface area contributed by atoms with Crippen LogP contribution in [0.1, 0.15) is 102 Å². The molecule has 0 saturated heterocycles. The van der Waals surface area contributed by atoms with E-state index in [-0.39, 0.29) is 24.2 Å². The first-order valence-electron chi connectivity index (χ1n) is 17.0. The van der Waals surface area contributed by atoms with Crippen molar-refractivity contribution in [1.82, 2.24) is 19.9 Å². The summed E-state index contributed by atoms with van der Waals surface area (Å²) in [6, 6.07) is 10.4. The number of carbonyl (C=O) groups excluding carboxylic acids is 3. The molecule has 2 aliphatic heterocycles. The molecule has 2 aliphatic rings. The van der Waals surface area contributed by atoms with Gasteiger partial charge in [-0.1, -0.05) is 32.0 Å². The van der Waals surface area contributed by atoms with Gasteiger partial charge in [0.2, 0.25) is 0 Å². The van der Waals surface area contributed by atoms with E-state index in [1.807, 2.05) is 32.0 Å². The van der Waals surface area contributed by atoms with E-state index in [4.69, 9.17) is 24.2 Å². The molecule has 8 bridgehead atoms. The molecule has 6 rings (SSSR count). The highest BCUT2D eigenvalue weighted by Crippen LogP contribution is 2.45. The van der Waals surface area contributed by atoms with E-state index in [0.29, 0.717) is 45.5 Å². The number of nitrogens with zero attached hydrogens (tertiary/aromatic N) is 2. The molecule has 260 valence electrons. The number of benzene rings is 1. The molecule has 0 amide bonds. The van der Waals surface area contributed by atoms with Gasteiger partial charge in [0.25, 0.3) is 0 Å². The van der Waals surface area contributed by atoms with Gasteiger partial charge < -0.3 is 24.2 Å².